The van der Waals surface area contributed by atoms with Gasteiger partial charge in [-0.1, -0.05) is 91.9 Å². The summed E-state index contributed by atoms with van der Waals surface area (Å²) in [6.45, 7) is 8.14. The fraction of sp³-hybridized carbons (Fsp3) is 0.870. The molecule has 0 heterocycles. The lowest BCUT2D eigenvalue weighted by Gasteiger charge is -2.03. The molecule has 0 fully saturated rings. The van der Waals surface area contributed by atoms with E-state index in [4.69, 9.17) is 15.3 Å². The Hall–Kier alpha value is -1.59. The molecule has 0 aliphatic carbocycles. The van der Waals surface area contributed by atoms with Gasteiger partial charge in [0.1, 0.15) is 0 Å². The summed E-state index contributed by atoms with van der Waals surface area (Å²) < 4.78 is 0. The smallest absolute Gasteiger partial charge is 0.306 e. The third kappa shape index (κ3) is 37.8. The maximum Gasteiger partial charge on any atom is 0.306 e. The van der Waals surface area contributed by atoms with Crippen LogP contribution in [0.3, 0.4) is 0 Å². The van der Waals surface area contributed by atoms with E-state index in [0.29, 0.717) is 12.8 Å². The molecule has 1 unspecified atom stereocenters. The molecule has 0 aromatic carbocycles. The first kappa shape index (κ1) is 32.1. The largest absolute Gasteiger partial charge is 0.481 e. The summed E-state index contributed by atoms with van der Waals surface area (Å²) in [7, 11) is 0. The molecule has 0 spiro atoms. The van der Waals surface area contributed by atoms with E-state index in [2.05, 4.69) is 20.8 Å². The summed E-state index contributed by atoms with van der Waals surface area (Å²) in [5.74, 6) is -2.18. The molecule has 0 saturated heterocycles. The molecular formula is C23H46O6. The van der Waals surface area contributed by atoms with Crippen molar-refractivity contribution in [3.63, 3.8) is 0 Å². The van der Waals surface area contributed by atoms with Gasteiger partial charge in [-0.25, -0.2) is 0 Å². The Morgan fingerprint density at radius 2 is 0.931 bits per heavy atom. The molecule has 0 amide bonds. The molecule has 1 atom stereocenters. The van der Waals surface area contributed by atoms with Crippen molar-refractivity contribution in [1.29, 1.82) is 0 Å². The predicted octanol–water partition coefficient (Wildman–Crippen LogP) is 6.76. The number of carbonyl (C=O) groups is 3. The van der Waals surface area contributed by atoms with Gasteiger partial charge in [-0.15, -0.1) is 0 Å². The van der Waals surface area contributed by atoms with E-state index in [1.165, 1.54) is 25.7 Å². The van der Waals surface area contributed by atoms with Crippen LogP contribution < -0.4 is 0 Å². The molecule has 0 aliphatic heterocycles. The predicted molar refractivity (Wildman–Crippen MR) is 118 cm³/mol. The highest BCUT2D eigenvalue weighted by Gasteiger charge is 2.08. The lowest BCUT2D eigenvalue weighted by atomic mass is 10.0. The third-order valence-corrected chi connectivity index (χ3v) is 4.40. The van der Waals surface area contributed by atoms with Crippen molar-refractivity contribution in [3.05, 3.63) is 0 Å². The second-order valence-electron chi connectivity index (χ2n) is 7.50. The van der Waals surface area contributed by atoms with E-state index in [0.717, 1.165) is 57.8 Å². The van der Waals surface area contributed by atoms with Gasteiger partial charge in [-0.2, -0.15) is 0 Å². The van der Waals surface area contributed by atoms with Gasteiger partial charge in [0.2, 0.25) is 0 Å². The van der Waals surface area contributed by atoms with Gasteiger partial charge in [-0.3, -0.25) is 14.4 Å². The van der Waals surface area contributed by atoms with Crippen LogP contribution >= 0.6 is 0 Å². The topological polar surface area (TPSA) is 112 Å². The second-order valence-corrected chi connectivity index (χ2v) is 7.50. The Labute approximate surface area is 178 Å². The monoisotopic (exact) mass is 418 g/mol. The van der Waals surface area contributed by atoms with Crippen LogP contribution in [-0.4, -0.2) is 33.2 Å². The number of aliphatic carboxylic acids is 3. The molecule has 0 radical (unpaired) electrons. The average Bonchev–Trinajstić information content (AvgIpc) is 2.66. The number of carboxylic acids is 3. The normalized spacial score (nSPS) is 10.8. The van der Waals surface area contributed by atoms with Gasteiger partial charge in [0.05, 0.1) is 5.92 Å². The number of carboxylic acid groups (broad SMARTS) is 3. The number of hydrogen-bond donors (Lipinski definition) is 3. The highest BCUT2D eigenvalue weighted by Crippen LogP contribution is 2.08. The summed E-state index contributed by atoms with van der Waals surface area (Å²) in [5, 5.41) is 25.0. The van der Waals surface area contributed by atoms with Crippen LogP contribution in [0.2, 0.25) is 0 Å². The zero-order valence-electron chi connectivity index (χ0n) is 19.3. The fourth-order valence-electron chi connectivity index (χ4n) is 2.41. The maximum atomic E-state index is 10.3. The molecule has 0 bridgehead atoms. The van der Waals surface area contributed by atoms with Crippen LogP contribution in [0.25, 0.3) is 0 Å². The zero-order chi connectivity index (χ0) is 22.9. The number of rotatable bonds is 16. The van der Waals surface area contributed by atoms with E-state index in [9.17, 15) is 14.4 Å². The van der Waals surface area contributed by atoms with Gasteiger partial charge < -0.3 is 15.3 Å². The Morgan fingerprint density at radius 1 is 0.586 bits per heavy atom. The fourth-order valence-corrected chi connectivity index (χ4v) is 2.41. The number of unbranched alkanes of at least 4 members (excludes halogenated alkanes) is 9. The van der Waals surface area contributed by atoms with Gasteiger partial charge in [0.15, 0.2) is 0 Å². The van der Waals surface area contributed by atoms with E-state index in [-0.39, 0.29) is 5.92 Å². The molecule has 29 heavy (non-hydrogen) atoms. The van der Waals surface area contributed by atoms with Gasteiger partial charge in [-0.05, 0) is 19.3 Å². The molecule has 0 aliphatic rings. The van der Waals surface area contributed by atoms with Crippen LogP contribution in [-0.2, 0) is 14.4 Å². The first-order valence-electron chi connectivity index (χ1n) is 11.4. The minimum absolute atomic E-state index is 0.161. The molecule has 6 heteroatoms. The quantitative estimate of drug-likeness (QED) is 0.239. The van der Waals surface area contributed by atoms with Crippen molar-refractivity contribution in [2.75, 3.05) is 0 Å². The minimum Gasteiger partial charge on any atom is -0.481 e. The summed E-state index contributed by atoms with van der Waals surface area (Å²) in [4.78, 5) is 30.3. The lowest BCUT2D eigenvalue weighted by molar-refractivity contribution is -0.141. The van der Waals surface area contributed by atoms with Gasteiger partial charge in [0, 0.05) is 12.8 Å². The van der Waals surface area contributed by atoms with Crippen LogP contribution in [0.4, 0.5) is 0 Å². The molecular weight excluding hydrogens is 372 g/mol. The molecule has 0 saturated carbocycles. The molecule has 6 nitrogen and oxygen atoms in total. The van der Waals surface area contributed by atoms with E-state index in [1.54, 1.807) is 6.92 Å². The minimum atomic E-state index is -0.675. The zero-order valence-corrected chi connectivity index (χ0v) is 19.3. The standard InChI is InChI=1S/2C8H16O2.C7H14O2/c1-3-4-5-6-7(2)8(9)10;1-2-3-4-5-6-7-8(9)10;1-2-3-4-5-6-7(8)9/h7H,3-6H2,1-2H3,(H,9,10);2-7H2,1H3,(H,9,10);2-6H2,1H3,(H,8,9). The van der Waals surface area contributed by atoms with E-state index in [1.807, 2.05) is 0 Å². The van der Waals surface area contributed by atoms with Gasteiger partial charge in [0.25, 0.3) is 0 Å². The third-order valence-electron chi connectivity index (χ3n) is 4.40. The van der Waals surface area contributed by atoms with Crippen molar-refractivity contribution in [1.82, 2.24) is 0 Å². The average molecular weight is 419 g/mol. The van der Waals surface area contributed by atoms with Crippen molar-refractivity contribution < 1.29 is 29.7 Å². The number of hydrogen-bond acceptors (Lipinski definition) is 3. The van der Waals surface area contributed by atoms with Crippen LogP contribution in [0, 0.1) is 5.92 Å². The summed E-state index contributed by atoms with van der Waals surface area (Å²) in [6, 6.07) is 0. The summed E-state index contributed by atoms with van der Waals surface area (Å²) in [5.41, 5.74) is 0. The van der Waals surface area contributed by atoms with Crippen LogP contribution in [0.1, 0.15) is 124 Å². The summed E-state index contributed by atoms with van der Waals surface area (Å²) in [6.07, 6.45) is 14.6. The first-order chi connectivity index (χ1) is 13.7. The highest BCUT2D eigenvalue weighted by atomic mass is 16.4. The van der Waals surface area contributed by atoms with E-state index >= 15 is 0 Å². The molecule has 0 aromatic rings. The van der Waals surface area contributed by atoms with Crippen LogP contribution in [0.15, 0.2) is 0 Å². The lowest BCUT2D eigenvalue weighted by Crippen LogP contribution is -2.08. The first-order valence-corrected chi connectivity index (χ1v) is 11.4. The molecule has 3 N–H and O–H groups in total. The molecule has 0 aromatic heterocycles. The van der Waals surface area contributed by atoms with Crippen molar-refractivity contribution in [2.24, 2.45) is 5.92 Å². The second kappa shape index (κ2) is 26.4. The summed E-state index contributed by atoms with van der Waals surface area (Å²) >= 11 is 0. The molecule has 0 rings (SSSR count). The molecule has 174 valence electrons. The Morgan fingerprint density at radius 3 is 1.28 bits per heavy atom. The van der Waals surface area contributed by atoms with Crippen molar-refractivity contribution in [3.8, 4) is 0 Å². The van der Waals surface area contributed by atoms with Crippen molar-refractivity contribution >= 4 is 17.9 Å². The Bertz CT molecular complexity index is 382. The Kier molecular flexibility index (Phi) is 29.2. The Balaban J connectivity index is -0.000000350. The van der Waals surface area contributed by atoms with Gasteiger partial charge >= 0.3 is 17.9 Å². The van der Waals surface area contributed by atoms with E-state index < -0.39 is 17.9 Å². The van der Waals surface area contributed by atoms with Crippen molar-refractivity contribution in [2.45, 2.75) is 124 Å². The maximum absolute atomic E-state index is 10.3. The SMILES string of the molecule is CCCCCC(C)C(=O)O.CCCCCCC(=O)O.CCCCCCCC(=O)O. The highest BCUT2D eigenvalue weighted by molar-refractivity contribution is 5.69. The van der Waals surface area contributed by atoms with Crippen LogP contribution in [0.5, 0.6) is 0 Å².